The summed E-state index contributed by atoms with van der Waals surface area (Å²) in [7, 11) is -2.26. The molecule has 0 heterocycles. The zero-order valence-electron chi connectivity index (χ0n) is 13.1. The summed E-state index contributed by atoms with van der Waals surface area (Å²) in [5, 5.41) is 9.13. The molecule has 0 aliphatic rings. The Morgan fingerprint density at radius 1 is 1.19 bits per heavy atom. The summed E-state index contributed by atoms with van der Waals surface area (Å²) < 4.78 is 33.3. The van der Waals surface area contributed by atoms with Gasteiger partial charge in [-0.3, -0.25) is 0 Å². The fourth-order valence-electron chi connectivity index (χ4n) is 2.34. The third-order valence-corrected chi connectivity index (χ3v) is 5.70. The van der Waals surface area contributed by atoms with Crippen molar-refractivity contribution in [1.29, 1.82) is 0 Å². The smallest absolute Gasteiger partial charge is 0.244 e. The molecule has 0 aliphatic heterocycles. The van der Waals surface area contributed by atoms with Crippen molar-refractivity contribution in [3.8, 4) is 5.75 Å². The highest BCUT2D eigenvalue weighted by atomic mass is 32.2. The number of benzene rings is 1. The van der Waals surface area contributed by atoms with Crippen molar-refractivity contribution < 1.29 is 18.3 Å². The third-order valence-electron chi connectivity index (χ3n) is 4.08. The normalized spacial score (nSPS) is 12.4. The van der Waals surface area contributed by atoms with Gasteiger partial charge in [0.05, 0.1) is 13.7 Å². The topological polar surface area (TPSA) is 75.6 Å². The molecule has 0 fully saturated rings. The van der Waals surface area contributed by atoms with Crippen molar-refractivity contribution in [2.45, 2.75) is 57.1 Å². The molecule has 0 radical (unpaired) electrons. The Labute approximate surface area is 127 Å². The summed E-state index contributed by atoms with van der Waals surface area (Å²) in [4.78, 5) is 0.0990. The first-order valence-electron chi connectivity index (χ1n) is 7.19. The molecule has 0 spiro atoms. The first-order valence-corrected chi connectivity index (χ1v) is 8.68. The van der Waals surface area contributed by atoms with E-state index in [-0.39, 0.29) is 17.3 Å². The minimum atomic E-state index is -3.68. The average Bonchev–Trinajstić information content (AvgIpc) is 2.51. The molecular weight excluding hydrogens is 290 g/mol. The monoisotopic (exact) mass is 315 g/mol. The second-order valence-electron chi connectivity index (χ2n) is 5.09. The summed E-state index contributed by atoms with van der Waals surface area (Å²) in [6.07, 6.45) is 2.16. The maximum Gasteiger partial charge on any atom is 0.244 e. The minimum Gasteiger partial charge on any atom is -0.495 e. The molecule has 0 saturated heterocycles. The maximum atomic E-state index is 12.7. The molecule has 0 aliphatic carbocycles. The van der Waals surface area contributed by atoms with E-state index in [1.54, 1.807) is 12.1 Å². The van der Waals surface area contributed by atoms with Gasteiger partial charge in [-0.1, -0.05) is 26.8 Å². The van der Waals surface area contributed by atoms with Crippen LogP contribution in [0.5, 0.6) is 5.75 Å². The second-order valence-corrected chi connectivity index (χ2v) is 6.74. The first kappa shape index (κ1) is 17.9. The van der Waals surface area contributed by atoms with Crippen LogP contribution in [0.25, 0.3) is 0 Å². The molecule has 0 amide bonds. The van der Waals surface area contributed by atoms with Crippen molar-refractivity contribution in [2.24, 2.45) is 0 Å². The van der Waals surface area contributed by atoms with E-state index in [4.69, 9.17) is 9.84 Å². The highest BCUT2D eigenvalue weighted by molar-refractivity contribution is 7.89. The molecular formula is C15H25NO4S. The van der Waals surface area contributed by atoms with E-state index in [9.17, 15) is 8.42 Å². The molecule has 2 N–H and O–H groups in total. The predicted molar refractivity (Wildman–Crippen MR) is 82.8 cm³/mol. The number of hydrogen-bond donors (Lipinski definition) is 2. The van der Waals surface area contributed by atoms with Crippen LogP contribution in [0.4, 0.5) is 0 Å². The van der Waals surface area contributed by atoms with Gasteiger partial charge < -0.3 is 9.84 Å². The van der Waals surface area contributed by atoms with Crippen LogP contribution in [-0.4, -0.2) is 26.2 Å². The van der Waals surface area contributed by atoms with Crippen LogP contribution < -0.4 is 9.46 Å². The summed E-state index contributed by atoms with van der Waals surface area (Å²) in [5.74, 6) is 0.242. The van der Waals surface area contributed by atoms with Gasteiger partial charge >= 0.3 is 0 Å². The second kappa shape index (κ2) is 7.24. The van der Waals surface area contributed by atoms with Gasteiger partial charge in [-0.25, -0.2) is 13.1 Å². The summed E-state index contributed by atoms with van der Waals surface area (Å²) >= 11 is 0. The van der Waals surface area contributed by atoms with Crippen LogP contribution in [-0.2, 0) is 16.6 Å². The van der Waals surface area contributed by atoms with Gasteiger partial charge in [0.25, 0.3) is 0 Å². The highest BCUT2D eigenvalue weighted by Crippen LogP contribution is 2.28. The number of sulfonamides is 1. The van der Waals surface area contributed by atoms with Crippen LogP contribution in [0.3, 0.4) is 0 Å². The number of methoxy groups -OCH3 is 1. The van der Waals surface area contributed by atoms with E-state index in [2.05, 4.69) is 4.72 Å². The molecule has 0 bridgehead atoms. The molecule has 1 rings (SSSR count). The van der Waals surface area contributed by atoms with E-state index < -0.39 is 15.6 Å². The quantitative estimate of drug-likeness (QED) is 0.772. The lowest BCUT2D eigenvalue weighted by Crippen LogP contribution is -2.47. The lowest BCUT2D eigenvalue weighted by Gasteiger charge is -2.31. The number of rotatable bonds is 8. The SMILES string of the molecule is CCC(CC)(CC)NS(=O)(=O)c1ccc(CO)cc1OC. The van der Waals surface area contributed by atoms with Gasteiger partial charge in [0.2, 0.25) is 10.0 Å². The van der Waals surface area contributed by atoms with Crippen molar-refractivity contribution >= 4 is 10.0 Å². The van der Waals surface area contributed by atoms with Crippen LogP contribution >= 0.6 is 0 Å². The fraction of sp³-hybridized carbons (Fsp3) is 0.600. The molecule has 0 unspecified atom stereocenters. The minimum absolute atomic E-state index is 0.0990. The molecule has 5 nitrogen and oxygen atoms in total. The number of hydrogen-bond acceptors (Lipinski definition) is 4. The van der Waals surface area contributed by atoms with Gasteiger partial charge in [-0.15, -0.1) is 0 Å². The van der Waals surface area contributed by atoms with E-state index in [0.29, 0.717) is 5.56 Å². The Morgan fingerprint density at radius 2 is 1.76 bits per heavy atom. The molecule has 120 valence electrons. The van der Waals surface area contributed by atoms with Gasteiger partial charge in [0.1, 0.15) is 10.6 Å². The average molecular weight is 315 g/mol. The maximum absolute atomic E-state index is 12.7. The number of nitrogens with one attached hydrogen (secondary N) is 1. The van der Waals surface area contributed by atoms with Crippen molar-refractivity contribution in [3.05, 3.63) is 23.8 Å². The number of aliphatic hydroxyl groups is 1. The molecule has 0 atom stereocenters. The van der Waals surface area contributed by atoms with E-state index in [0.717, 1.165) is 19.3 Å². The Hall–Kier alpha value is -1.11. The Bertz CT molecular complexity index is 557. The first-order chi connectivity index (χ1) is 9.87. The third kappa shape index (κ3) is 3.96. The molecule has 21 heavy (non-hydrogen) atoms. The van der Waals surface area contributed by atoms with Crippen molar-refractivity contribution in [3.63, 3.8) is 0 Å². The predicted octanol–water partition coefficient (Wildman–Crippen LogP) is 2.43. The van der Waals surface area contributed by atoms with E-state index >= 15 is 0 Å². The Morgan fingerprint density at radius 3 is 2.19 bits per heavy atom. The molecule has 1 aromatic carbocycles. The molecule has 1 aromatic rings. The molecule has 6 heteroatoms. The summed E-state index contributed by atoms with van der Waals surface area (Å²) in [5.41, 5.74) is 0.165. The Balaban J connectivity index is 3.25. The molecule has 0 saturated carbocycles. The summed E-state index contributed by atoms with van der Waals surface area (Å²) in [6.45, 7) is 5.76. The number of ether oxygens (including phenoxy) is 1. The van der Waals surface area contributed by atoms with Crippen LogP contribution in [0, 0.1) is 0 Å². The van der Waals surface area contributed by atoms with Crippen molar-refractivity contribution in [1.82, 2.24) is 4.72 Å². The largest absolute Gasteiger partial charge is 0.495 e. The van der Waals surface area contributed by atoms with E-state index in [1.165, 1.54) is 13.2 Å². The zero-order chi connectivity index (χ0) is 16.1. The van der Waals surface area contributed by atoms with Crippen LogP contribution in [0.1, 0.15) is 45.6 Å². The van der Waals surface area contributed by atoms with Gasteiger partial charge in [-0.05, 0) is 37.0 Å². The fourth-order valence-corrected chi connectivity index (χ4v) is 4.11. The van der Waals surface area contributed by atoms with Gasteiger partial charge in [0, 0.05) is 5.54 Å². The van der Waals surface area contributed by atoms with Crippen molar-refractivity contribution in [2.75, 3.05) is 7.11 Å². The standard InChI is InChI=1S/C15H25NO4S/c1-5-15(6-2,7-3)16-21(18,19)14-9-8-12(11-17)10-13(14)20-4/h8-10,16-17H,5-7,11H2,1-4H3. The molecule has 0 aromatic heterocycles. The number of aliphatic hydroxyl groups excluding tert-OH is 1. The van der Waals surface area contributed by atoms with Gasteiger partial charge in [0.15, 0.2) is 0 Å². The Kier molecular flexibility index (Phi) is 6.19. The highest BCUT2D eigenvalue weighted by Gasteiger charge is 2.31. The summed E-state index contributed by atoms with van der Waals surface area (Å²) in [6, 6.07) is 4.60. The lowest BCUT2D eigenvalue weighted by molar-refractivity contribution is 0.280. The zero-order valence-corrected chi connectivity index (χ0v) is 14.0. The van der Waals surface area contributed by atoms with Gasteiger partial charge in [-0.2, -0.15) is 0 Å². The lowest BCUT2D eigenvalue weighted by atomic mass is 9.91. The van der Waals surface area contributed by atoms with Crippen LogP contribution in [0.2, 0.25) is 0 Å². The van der Waals surface area contributed by atoms with E-state index in [1.807, 2.05) is 20.8 Å². The van der Waals surface area contributed by atoms with Crippen LogP contribution in [0.15, 0.2) is 23.1 Å².